The van der Waals surface area contributed by atoms with E-state index in [9.17, 15) is 4.79 Å². The van der Waals surface area contributed by atoms with E-state index in [0.29, 0.717) is 6.54 Å². The molecule has 1 N–H and O–H groups in total. The summed E-state index contributed by atoms with van der Waals surface area (Å²) >= 11 is 1.89. The van der Waals surface area contributed by atoms with Crippen molar-refractivity contribution in [2.24, 2.45) is 0 Å². The first-order chi connectivity index (χ1) is 9.12. The molecular formula is C14H23NO3S. The van der Waals surface area contributed by atoms with Gasteiger partial charge in [-0.25, -0.2) is 4.79 Å². The van der Waals surface area contributed by atoms with Crippen molar-refractivity contribution < 1.29 is 13.9 Å². The van der Waals surface area contributed by atoms with Crippen molar-refractivity contribution >= 4 is 17.7 Å². The van der Waals surface area contributed by atoms with Gasteiger partial charge in [0.2, 0.25) is 5.76 Å². The van der Waals surface area contributed by atoms with Crippen molar-refractivity contribution in [3.8, 4) is 0 Å². The molecule has 0 saturated carbocycles. The molecule has 108 valence electrons. The van der Waals surface area contributed by atoms with Crippen molar-refractivity contribution in [1.29, 1.82) is 0 Å². The van der Waals surface area contributed by atoms with Crippen molar-refractivity contribution in [3.63, 3.8) is 0 Å². The van der Waals surface area contributed by atoms with Gasteiger partial charge in [-0.15, -0.1) is 0 Å². The fraction of sp³-hybridized carbons (Fsp3) is 0.643. The molecule has 0 radical (unpaired) electrons. The monoisotopic (exact) mass is 285 g/mol. The Kier molecular flexibility index (Phi) is 6.45. The number of thioether (sulfide) groups is 1. The fourth-order valence-electron chi connectivity index (χ4n) is 2.03. The summed E-state index contributed by atoms with van der Waals surface area (Å²) in [4.78, 5) is 11.5. The lowest BCUT2D eigenvalue weighted by Crippen LogP contribution is -2.36. The van der Waals surface area contributed by atoms with Crippen LogP contribution >= 0.6 is 11.8 Å². The van der Waals surface area contributed by atoms with Gasteiger partial charge in [0.1, 0.15) is 0 Å². The second kappa shape index (κ2) is 7.60. The maximum absolute atomic E-state index is 11.5. The molecule has 0 aromatic carbocycles. The van der Waals surface area contributed by atoms with Crippen molar-refractivity contribution in [2.45, 2.75) is 38.0 Å². The van der Waals surface area contributed by atoms with E-state index in [1.165, 1.54) is 13.4 Å². The number of carbonyl (C=O) groups excluding carboxylic acids is 1. The van der Waals surface area contributed by atoms with Crippen LogP contribution in [0.4, 0.5) is 0 Å². The first kappa shape index (κ1) is 16.1. The number of carbonyl (C=O) groups is 1. The van der Waals surface area contributed by atoms with Gasteiger partial charge >= 0.3 is 5.97 Å². The molecule has 0 spiro atoms. The highest BCUT2D eigenvalue weighted by molar-refractivity contribution is 8.00. The number of nitrogens with one attached hydrogen (secondary N) is 1. The van der Waals surface area contributed by atoms with Crippen LogP contribution in [-0.4, -0.2) is 30.6 Å². The molecule has 0 bridgehead atoms. The van der Waals surface area contributed by atoms with Crippen LogP contribution in [-0.2, 0) is 11.3 Å². The normalized spacial score (nSPS) is 11.6. The molecule has 0 saturated heterocycles. The topological polar surface area (TPSA) is 51.5 Å². The van der Waals surface area contributed by atoms with E-state index in [1.54, 1.807) is 6.07 Å². The summed E-state index contributed by atoms with van der Waals surface area (Å²) in [5, 5.41) is 3.41. The molecule has 1 aromatic rings. The molecule has 0 amide bonds. The van der Waals surface area contributed by atoms with Gasteiger partial charge in [0.15, 0.2) is 0 Å². The van der Waals surface area contributed by atoms with Crippen LogP contribution in [0.25, 0.3) is 0 Å². The third-order valence-electron chi connectivity index (χ3n) is 3.60. The lowest BCUT2D eigenvalue weighted by atomic mass is 10.0. The van der Waals surface area contributed by atoms with E-state index in [-0.39, 0.29) is 10.5 Å². The van der Waals surface area contributed by atoms with E-state index in [0.717, 1.165) is 24.9 Å². The van der Waals surface area contributed by atoms with Gasteiger partial charge in [0.25, 0.3) is 0 Å². The molecule has 0 aliphatic heterocycles. The Hall–Kier alpha value is -0.940. The Bertz CT molecular complexity index is 391. The van der Waals surface area contributed by atoms with E-state index >= 15 is 0 Å². The Morgan fingerprint density at radius 1 is 1.47 bits per heavy atom. The molecule has 0 fully saturated rings. The number of rotatable bonds is 8. The summed E-state index contributed by atoms with van der Waals surface area (Å²) in [6, 6.07) is 1.80. The number of ether oxygens (including phenoxy) is 1. The van der Waals surface area contributed by atoms with Crippen LogP contribution in [0.5, 0.6) is 0 Å². The summed E-state index contributed by atoms with van der Waals surface area (Å²) in [6.45, 7) is 5.94. The summed E-state index contributed by atoms with van der Waals surface area (Å²) in [6.07, 6.45) is 5.90. The predicted molar refractivity (Wildman–Crippen MR) is 78.6 cm³/mol. The number of methoxy groups -OCH3 is 1. The molecule has 1 aromatic heterocycles. The van der Waals surface area contributed by atoms with Crippen LogP contribution in [0.3, 0.4) is 0 Å². The number of hydrogen-bond acceptors (Lipinski definition) is 5. The maximum atomic E-state index is 11.5. The lowest BCUT2D eigenvalue weighted by molar-refractivity contribution is 0.0563. The highest BCUT2D eigenvalue weighted by atomic mass is 32.2. The highest BCUT2D eigenvalue weighted by Crippen LogP contribution is 2.29. The molecule has 1 heterocycles. The smallest absolute Gasteiger partial charge is 0.374 e. The van der Waals surface area contributed by atoms with Crippen LogP contribution < -0.4 is 5.32 Å². The molecule has 4 nitrogen and oxygen atoms in total. The molecule has 0 aliphatic rings. The Balaban J connectivity index is 2.58. The minimum atomic E-state index is -0.427. The van der Waals surface area contributed by atoms with Crippen LogP contribution in [0.1, 0.15) is 42.8 Å². The second-order valence-electron chi connectivity index (χ2n) is 4.46. The van der Waals surface area contributed by atoms with E-state index < -0.39 is 5.97 Å². The average Bonchev–Trinajstić information content (AvgIpc) is 2.91. The van der Waals surface area contributed by atoms with E-state index in [1.807, 2.05) is 11.8 Å². The largest absolute Gasteiger partial charge is 0.463 e. The molecule has 19 heavy (non-hydrogen) atoms. The minimum Gasteiger partial charge on any atom is -0.463 e. The van der Waals surface area contributed by atoms with Crippen LogP contribution in [0.2, 0.25) is 0 Å². The first-order valence-corrected chi connectivity index (χ1v) is 7.75. The van der Waals surface area contributed by atoms with Gasteiger partial charge in [-0.1, -0.05) is 13.8 Å². The van der Waals surface area contributed by atoms with Crippen molar-refractivity contribution in [1.82, 2.24) is 5.32 Å². The van der Waals surface area contributed by atoms with Gasteiger partial charge in [0, 0.05) is 23.4 Å². The molecule has 0 aliphatic carbocycles. The zero-order chi connectivity index (χ0) is 14.3. The number of hydrogen-bond donors (Lipinski definition) is 1. The molecule has 0 unspecified atom stereocenters. The summed E-state index contributed by atoms with van der Waals surface area (Å²) < 4.78 is 10.1. The molecule has 0 atom stereocenters. The Morgan fingerprint density at radius 2 is 2.16 bits per heavy atom. The zero-order valence-electron chi connectivity index (χ0n) is 12.1. The standard InChI is InChI=1S/C14H23NO3S/c1-5-14(6-2,19-4)10-15-9-11-7-8-18-12(11)13(16)17-3/h7-8,15H,5-6,9-10H2,1-4H3. The highest BCUT2D eigenvalue weighted by Gasteiger charge is 2.24. The number of furan rings is 1. The summed E-state index contributed by atoms with van der Waals surface area (Å²) in [5.74, 6) is -0.137. The second-order valence-corrected chi connectivity index (χ2v) is 5.74. The molecular weight excluding hydrogens is 262 g/mol. The molecule has 1 rings (SSSR count). The zero-order valence-corrected chi connectivity index (χ0v) is 12.9. The van der Waals surface area contributed by atoms with Crippen LogP contribution in [0.15, 0.2) is 16.7 Å². The quantitative estimate of drug-likeness (QED) is 0.744. The van der Waals surface area contributed by atoms with Gasteiger partial charge in [-0.3, -0.25) is 0 Å². The van der Waals surface area contributed by atoms with E-state index in [2.05, 4.69) is 30.2 Å². The third kappa shape index (κ3) is 4.01. The van der Waals surface area contributed by atoms with Crippen LogP contribution in [0, 0.1) is 0 Å². The SMILES string of the molecule is CCC(CC)(CNCc1ccoc1C(=O)OC)SC. The third-order valence-corrected chi connectivity index (χ3v) is 5.19. The Labute approximate surface area is 119 Å². The van der Waals surface area contributed by atoms with Gasteiger partial charge in [-0.05, 0) is 25.2 Å². The summed E-state index contributed by atoms with van der Waals surface area (Å²) in [7, 11) is 1.36. The Morgan fingerprint density at radius 3 is 2.68 bits per heavy atom. The lowest BCUT2D eigenvalue weighted by Gasteiger charge is -2.29. The summed E-state index contributed by atoms with van der Waals surface area (Å²) in [5.41, 5.74) is 0.842. The maximum Gasteiger partial charge on any atom is 0.374 e. The predicted octanol–water partition coefficient (Wildman–Crippen LogP) is 3.08. The van der Waals surface area contributed by atoms with E-state index in [4.69, 9.17) is 4.42 Å². The average molecular weight is 285 g/mol. The van der Waals surface area contributed by atoms with Gasteiger partial charge in [-0.2, -0.15) is 11.8 Å². The van der Waals surface area contributed by atoms with Gasteiger partial charge in [0.05, 0.1) is 13.4 Å². The van der Waals surface area contributed by atoms with Crippen molar-refractivity contribution in [3.05, 3.63) is 23.7 Å². The first-order valence-electron chi connectivity index (χ1n) is 6.53. The fourth-order valence-corrected chi connectivity index (χ4v) is 2.86. The number of esters is 1. The minimum absolute atomic E-state index is 0.259. The van der Waals surface area contributed by atoms with Gasteiger partial charge < -0.3 is 14.5 Å². The van der Waals surface area contributed by atoms with Crippen molar-refractivity contribution in [2.75, 3.05) is 19.9 Å². The molecule has 5 heteroatoms.